The van der Waals surface area contributed by atoms with Gasteiger partial charge >= 0.3 is 5.63 Å². The molecule has 3 rings (SSSR count). The molecule has 0 aliphatic rings. The average molecular weight is 265 g/mol. The van der Waals surface area contributed by atoms with Crippen LogP contribution in [0.2, 0.25) is 0 Å². The molecule has 3 nitrogen and oxygen atoms in total. The first-order valence-electron chi connectivity index (χ1n) is 6.55. The molecule has 0 amide bonds. The van der Waals surface area contributed by atoms with Crippen molar-refractivity contribution in [2.24, 2.45) is 0 Å². The Bertz CT molecular complexity index is 791. The highest BCUT2D eigenvalue weighted by molar-refractivity contribution is 5.82. The predicted molar refractivity (Wildman–Crippen MR) is 81.0 cm³/mol. The van der Waals surface area contributed by atoms with Crippen molar-refractivity contribution in [3.05, 3.63) is 76.1 Å². The van der Waals surface area contributed by atoms with Crippen LogP contribution >= 0.6 is 0 Å². The van der Waals surface area contributed by atoms with E-state index in [0.29, 0.717) is 5.58 Å². The molecule has 3 heteroatoms. The highest BCUT2D eigenvalue weighted by Crippen LogP contribution is 2.23. The molecule has 20 heavy (non-hydrogen) atoms. The number of anilines is 1. The molecular weight excluding hydrogens is 250 g/mol. The minimum absolute atomic E-state index is 0.318. The first kappa shape index (κ1) is 12.5. The van der Waals surface area contributed by atoms with Crippen molar-refractivity contribution in [2.45, 2.75) is 13.5 Å². The van der Waals surface area contributed by atoms with Gasteiger partial charge in [-0.15, -0.1) is 0 Å². The van der Waals surface area contributed by atoms with Crippen LogP contribution < -0.4 is 10.9 Å². The zero-order valence-corrected chi connectivity index (χ0v) is 11.2. The molecule has 0 fully saturated rings. The van der Waals surface area contributed by atoms with E-state index in [2.05, 4.69) is 17.4 Å². The van der Waals surface area contributed by atoms with Gasteiger partial charge in [0, 0.05) is 23.7 Å². The third-order valence-electron chi connectivity index (χ3n) is 3.29. The van der Waals surface area contributed by atoms with Gasteiger partial charge in [0.1, 0.15) is 5.58 Å². The second-order valence-electron chi connectivity index (χ2n) is 4.80. The topological polar surface area (TPSA) is 42.2 Å². The summed E-state index contributed by atoms with van der Waals surface area (Å²) in [6.07, 6.45) is 0. The van der Waals surface area contributed by atoms with Gasteiger partial charge in [-0.25, -0.2) is 4.79 Å². The van der Waals surface area contributed by atoms with Crippen LogP contribution in [0.5, 0.6) is 0 Å². The third-order valence-corrected chi connectivity index (χ3v) is 3.29. The number of fused-ring (bicyclic) bond motifs is 1. The van der Waals surface area contributed by atoms with Gasteiger partial charge < -0.3 is 9.73 Å². The van der Waals surface area contributed by atoms with Crippen molar-refractivity contribution in [3.63, 3.8) is 0 Å². The van der Waals surface area contributed by atoms with E-state index >= 15 is 0 Å². The molecule has 0 bridgehead atoms. The SMILES string of the molecule is Cc1cc2oc(=O)ccc2cc1NCc1ccccc1. The second-order valence-corrected chi connectivity index (χ2v) is 4.80. The molecule has 0 aliphatic heterocycles. The summed E-state index contributed by atoms with van der Waals surface area (Å²) in [6.45, 7) is 2.77. The fourth-order valence-electron chi connectivity index (χ4n) is 2.20. The lowest BCUT2D eigenvalue weighted by molar-refractivity contribution is 0.561. The van der Waals surface area contributed by atoms with Gasteiger partial charge in [-0.3, -0.25) is 0 Å². The standard InChI is InChI=1S/C17H15NO2/c1-12-9-16-14(7-8-17(19)20-16)10-15(12)18-11-13-5-3-2-4-6-13/h2-10,18H,11H2,1H3. The molecule has 1 N–H and O–H groups in total. The first-order chi connectivity index (χ1) is 9.72. The summed E-state index contributed by atoms with van der Waals surface area (Å²) >= 11 is 0. The fraction of sp³-hybridized carbons (Fsp3) is 0.118. The highest BCUT2D eigenvalue weighted by atomic mass is 16.4. The van der Waals surface area contributed by atoms with E-state index < -0.39 is 0 Å². The summed E-state index contributed by atoms with van der Waals surface area (Å²) < 4.78 is 5.18. The molecular formula is C17H15NO2. The van der Waals surface area contributed by atoms with Crippen molar-refractivity contribution in [2.75, 3.05) is 5.32 Å². The monoisotopic (exact) mass is 265 g/mol. The van der Waals surface area contributed by atoms with Gasteiger partial charge in [-0.1, -0.05) is 30.3 Å². The van der Waals surface area contributed by atoms with Crippen LogP contribution in [0.25, 0.3) is 11.0 Å². The molecule has 0 atom stereocenters. The van der Waals surface area contributed by atoms with E-state index in [-0.39, 0.29) is 5.63 Å². The minimum Gasteiger partial charge on any atom is -0.423 e. The molecule has 100 valence electrons. The third kappa shape index (κ3) is 2.57. The molecule has 3 aromatic rings. The number of aryl methyl sites for hydroxylation is 1. The quantitative estimate of drug-likeness (QED) is 0.734. The summed E-state index contributed by atoms with van der Waals surface area (Å²) in [6, 6.07) is 17.4. The van der Waals surface area contributed by atoms with Crippen molar-refractivity contribution >= 4 is 16.7 Å². The Balaban J connectivity index is 1.90. The van der Waals surface area contributed by atoms with E-state index in [4.69, 9.17) is 4.42 Å². The largest absolute Gasteiger partial charge is 0.423 e. The van der Waals surface area contributed by atoms with Crippen LogP contribution in [0.15, 0.2) is 63.8 Å². The fourth-order valence-corrected chi connectivity index (χ4v) is 2.20. The summed E-state index contributed by atoms with van der Waals surface area (Å²) in [4.78, 5) is 11.2. The average Bonchev–Trinajstić information content (AvgIpc) is 2.46. The molecule has 0 saturated carbocycles. The predicted octanol–water partition coefficient (Wildman–Crippen LogP) is 3.71. The van der Waals surface area contributed by atoms with Gasteiger partial charge in [0.15, 0.2) is 0 Å². The number of nitrogens with one attached hydrogen (secondary N) is 1. The van der Waals surface area contributed by atoms with Gasteiger partial charge in [0.2, 0.25) is 0 Å². The van der Waals surface area contributed by atoms with E-state index in [0.717, 1.165) is 23.2 Å². The van der Waals surface area contributed by atoms with Crippen molar-refractivity contribution < 1.29 is 4.42 Å². The Morgan fingerprint density at radius 1 is 1.05 bits per heavy atom. The lowest BCUT2D eigenvalue weighted by Gasteiger charge is -2.10. The van der Waals surface area contributed by atoms with Crippen LogP contribution in [0.3, 0.4) is 0 Å². The maximum Gasteiger partial charge on any atom is 0.336 e. The minimum atomic E-state index is -0.318. The zero-order valence-electron chi connectivity index (χ0n) is 11.2. The maximum absolute atomic E-state index is 11.2. The Morgan fingerprint density at radius 2 is 1.85 bits per heavy atom. The summed E-state index contributed by atoms with van der Waals surface area (Å²) in [7, 11) is 0. The van der Waals surface area contributed by atoms with E-state index in [9.17, 15) is 4.79 Å². The van der Waals surface area contributed by atoms with Crippen molar-refractivity contribution in [1.29, 1.82) is 0 Å². The van der Waals surface area contributed by atoms with E-state index in [1.165, 1.54) is 11.6 Å². The Hall–Kier alpha value is -2.55. The van der Waals surface area contributed by atoms with Crippen molar-refractivity contribution in [1.82, 2.24) is 0 Å². The van der Waals surface area contributed by atoms with E-state index in [1.54, 1.807) is 6.07 Å². The van der Waals surface area contributed by atoms with Gasteiger partial charge in [0.05, 0.1) is 0 Å². The van der Waals surface area contributed by atoms with Crippen LogP contribution in [-0.4, -0.2) is 0 Å². The summed E-state index contributed by atoms with van der Waals surface area (Å²) in [5.74, 6) is 0. The smallest absolute Gasteiger partial charge is 0.336 e. The maximum atomic E-state index is 11.2. The van der Waals surface area contributed by atoms with Crippen LogP contribution in [0, 0.1) is 6.92 Å². The van der Waals surface area contributed by atoms with Crippen LogP contribution in [-0.2, 0) is 6.54 Å². The molecule has 2 aromatic carbocycles. The normalized spacial score (nSPS) is 10.7. The Morgan fingerprint density at radius 3 is 2.65 bits per heavy atom. The molecule has 0 spiro atoms. The molecule has 0 unspecified atom stereocenters. The van der Waals surface area contributed by atoms with Gasteiger partial charge in [-0.2, -0.15) is 0 Å². The second kappa shape index (κ2) is 5.21. The van der Waals surface area contributed by atoms with Gasteiger partial charge in [0.25, 0.3) is 0 Å². The molecule has 0 saturated heterocycles. The van der Waals surface area contributed by atoms with E-state index in [1.807, 2.05) is 37.3 Å². The number of hydrogen-bond acceptors (Lipinski definition) is 3. The lowest BCUT2D eigenvalue weighted by atomic mass is 10.1. The molecule has 0 radical (unpaired) electrons. The summed E-state index contributed by atoms with van der Waals surface area (Å²) in [5.41, 5.74) is 3.65. The Labute approximate surface area is 116 Å². The number of benzene rings is 2. The van der Waals surface area contributed by atoms with Crippen LogP contribution in [0.1, 0.15) is 11.1 Å². The summed E-state index contributed by atoms with van der Waals surface area (Å²) in [5, 5.41) is 4.34. The zero-order chi connectivity index (χ0) is 13.9. The number of hydrogen-bond donors (Lipinski definition) is 1. The number of rotatable bonds is 3. The molecule has 1 aromatic heterocycles. The van der Waals surface area contributed by atoms with Crippen molar-refractivity contribution in [3.8, 4) is 0 Å². The molecule has 0 aliphatic carbocycles. The highest BCUT2D eigenvalue weighted by Gasteiger charge is 2.03. The van der Waals surface area contributed by atoms with Crippen LogP contribution in [0.4, 0.5) is 5.69 Å². The Kier molecular flexibility index (Phi) is 3.25. The van der Waals surface area contributed by atoms with Gasteiger partial charge in [-0.05, 0) is 36.2 Å². The molecule has 1 heterocycles. The first-order valence-corrected chi connectivity index (χ1v) is 6.55. The lowest BCUT2D eigenvalue weighted by Crippen LogP contribution is -2.01.